The molecule has 5 heteroatoms. The molecule has 0 radical (unpaired) electrons. The average molecular weight is 273 g/mol. The van der Waals surface area contributed by atoms with E-state index >= 15 is 0 Å². The van der Waals surface area contributed by atoms with Gasteiger partial charge in [0.25, 0.3) is 0 Å². The third-order valence-corrected chi connectivity index (χ3v) is 2.96. The number of carbonyl (C=O) groups is 1. The fourth-order valence-electron chi connectivity index (χ4n) is 1.90. The van der Waals surface area contributed by atoms with Crippen LogP contribution in [0.2, 0.25) is 0 Å². The molecule has 2 N–H and O–H groups in total. The first-order chi connectivity index (χ1) is 9.27. The van der Waals surface area contributed by atoms with E-state index in [1.807, 2.05) is 52.0 Å². The molecule has 0 aliphatic heterocycles. The van der Waals surface area contributed by atoms with Gasteiger partial charge in [-0.2, -0.15) is 5.10 Å². The molecule has 0 atom stereocenters. The molecule has 0 bridgehead atoms. The van der Waals surface area contributed by atoms with E-state index in [-0.39, 0.29) is 5.41 Å². The first-order valence-electron chi connectivity index (χ1n) is 6.45. The minimum Gasteiger partial charge on any atom is -0.465 e. The number of nitrogens with one attached hydrogen (secondary N) is 1. The van der Waals surface area contributed by atoms with Crippen molar-refractivity contribution in [2.24, 2.45) is 0 Å². The number of anilines is 1. The topological polar surface area (TPSA) is 67.2 Å². The molecule has 0 unspecified atom stereocenters. The van der Waals surface area contributed by atoms with Gasteiger partial charge in [0, 0.05) is 11.5 Å². The second-order valence-electron chi connectivity index (χ2n) is 5.85. The van der Waals surface area contributed by atoms with Crippen molar-refractivity contribution in [3.05, 3.63) is 41.6 Å². The maximum Gasteiger partial charge on any atom is 0.410 e. The van der Waals surface area contributed by atoms with E-state index < -0.39 is 6.09 Å². The minimum atomic E-state index is -1.10. The summed E-state index contributed by atoms with van der Waals surface area (Å²) >= 11 is 0. The summed E-state index contributed by atoms with van der Waals surface area (Å²) in [5.41, 5.74) is 2.62. The number of rotatable bonds is 2. The van der Waals surface area contributed by atoms with Gasteiger partial charge in [-0.3, -0.25) is 5.32 Å². The predicted octanol–water partition coefficient (Wildman–Crippen LogP) is 3.57. The van der Waals surface area contributed by atoms with Gasteiger partial charge in [0.2, 0.25) is 0 Å². The molecule has 1 aromatic carbocycles. The molecule has 1 aromatic heterocycles. The van der Waals surface area contributed by atoms with Crippen molar-refractivity contribution in [1.29, 1.82) is 0 Å². The van der Waals surface area contributed by atoms with Crippen LogP contribution in [0.15, 0.2) is 30.3 Å². The van der Waals surface area contributed by atoms with Crippen molar-refractivity contribution in [3.8, 4) is 5.69 Å². The van der Waals surface area contributed by atoms with Gasteiger partial charge >= 0.3 is 6.09 Å². The van der Waals surface area contributed by atoms with E-state index in [0.29, 0.717) is 5.82 Å². The van der Waals surface area contributed by atoms with Crippen molar-refractivity contribution < 1.29 is 9.90 Å². The number of hydrogen-bond acceptors (Lipinski definition) is 2. The minimum absolute atomic E-state index is 0.149. The summed E-state index contributed by atoms with van der Waals surface area (Å²) in [5, 5.41) is 15.9. The maximum absolute atomic E-state index is 10.9. The van der Waals surface area contributed by atoms with Crippen LogP contribution in [-0.2, 0) is 5.41 Å². The summed E-state index contributed by atoms with van der Waals surface area (Å²) in [6.45, 7) is 8.11. The second-order valence-corrected chi connectivity index (χ2v) is 5.85. The number of hydrogen-bond donors (Lipinski definition) is 2. The van der Waals surface area contributed by atoms with Crippen molar-refractivity contribution in [2.75, 3.05) is 5.32 Å². The Morgan fingerprint density at radius 2 is 2.00 bits per heavy atom. The zero-order valence-corrected chi connectivity index (χ0v) is 12.1. The van der Waals surface area contributed by atoms with Gasteiger partial charge in [0.15, 0.2) is 0 Å². The highest BCUT2D eigenvalue weighted by molar-refractivity contribution is 5.82. The fourth-order valence-corrected chi connectivity index (χ4v) is 1.90. The number of benzene rings is 1. The Hall–Kier alpha value is -2.30. The van der Waals surface area contributed by atoms with Crippen molar-refractivity contribution >= 4 is 11.9 Å². The lowest BCUT2D eigenvalue weighted by atomic mass is 9.92. The number of aryl methyl sites for hydroxylation is 1. The van der Waals surface area contributed by atoms with Gasteiger partial charge < -0.3 is 5.11 Å². The standard InChI is InChI=1S/C15H19N3O2/c1-10-6-5-7-11(8-10)18-13(16-14(19)20)9-12(17-18)15(2,3)4/h5-9,16H,1-4H3,(H,19,20). The van der Waals surface area contributed by atoms with E-state index in [0.717, 1.165) is 16.9 Å². The van der Waals surface area contributed by atoms with E-state index in [1.165, 1.54) is 0 Å². The highest BCUT2D eigenvalue weighted by Crippen LogP contribution is 2.26. The van der Waals surface area contributed by atoms with Crippen LogP contribution in [-0.4, -0.2) is 21.0 Å². The summed E-state index contributed by atoms with van der Waals surface area (Å²) in [5.74, 6) is 0.452. The normalized spacial score (nSPS) is 11.4. The van der Waals surface area contributed by atoms with E-state index in [4.69, 9.17) is 5.11 Å². The lowest BCUT2D eigenvalue weighted by Crippen LogP contribution is -2.13. The van der Waals surface area contributed by atoms with Crippen LogP contribution in [0.3, 0.4) is 0 Å². The van der Waals surface area contributed by atoms with Gasteiger partial charge in [0.1, 0.15) is 5.82 Å². The molecular formula is C15H19N3O2. The quantitative estimate of drug-likeness (QED) is 0.879. The summed E-state index contributed by atoms with van der Waals surface area (Å²) in [6, 6.07) is 9.55. The molecule has 0 aliphatic rings. The van der Waals surface area contributed by atoms with E-state index in [2.05, 4.69) is 10.4 Å². The Morgan fingerprint density at radius 1 is 1.30 bits per heavy atom. The molecule has 0 aliphatic carbocycles. The van der Waals surface area contributed by atoms with Gasteiger partial charge in [-0.05, 0) is 24.6 Å². The van der Waals surface area contributed by atoms with Gasteiger partial charge in [-0.25, -0.2) is 9.48 Å². The summed E-state index contributed by atoms with van der Waals surface area (Å²) in [6.07, 6.45) is -1.10. The number of carboxylic acid groups (broad SMARTS) is 1. The lowest BCUT2D eigenvalue weighted by Gasteiger charge is -2.14. The molecule has 5 nitrogen and oxygen atoms in total. The number of nitrogens with zero attached hydrogens (tertiary/aromatic N) is 2. The summed E-state index contributed by atoms with van der Waals surface area (Å²) < 4.78 is 1.63. The molecule has 106 valence electrons. The van der Waals surface area contributed by atoms with Crippen LogP contribution in [0.5, 0.6) is 0 Å². The molecule has 1 heterocycles. The monoisotopic (exact) mass is 273 g/mol. The van der Waals surface area contributed by atoms with Crippen LogP contribution in [0.25, 0.3) is 5.69 Å². The predicted molar refractivity (Wildman–Crippen MR) is 78.6 cm³/mol. The molecule has 20 heavy (non-hydrogen) atoms. The van der Waals surface area contributed by atoms with Crippen LogP contribution >= 0.6 is 0 Å². The maximum atomic E-state index is 10.9. The summed E-state index contributed by atoms with van der Waals surface area (Å²) in [4.78, 5) is 10.9. The van der Waals surface area contributed by atoms with E-state index in [9.17, 15) is 4.79 Å². The van der Waals surface area contributed by atoms with Crippen molar-refractivity contribution in [1.82, 2.24) is 9.78 Å². The Bertz CT molecular complexity index is 639. The zero-order valence-electron chi connectivity index (χ0n) is 12.1. The SMILES string of the molecule is Cc1cccc(-n2nc(C(C)(C)C)cc2NC(=O)O)c1. The molecule has 0 saturated carbocycles. The number of aromatic nitrogens is 2. The Kier molecular flexibility index (Phi) is 3.53. The molecule has 0 saturated heterocycles. The third kappa shape index (κ3) is 2.99. The Morgan fingerprint density at radius 3 is 2.55 bits per heavy atom. The molecular weight excluding hydrogens is 254 g/mol. The average Bonchev–Trinajstić information content (AvgIpc) is 2.71. The highest BCUT2D eigenvalue weighted by Gasteiger charge is 2.21. The van der Waals surface area contributed by atoms with Crippen LogP contribution in [0.4, 0.5) is 10.6 Å². The van der Waals surface area contributed by atoms with Crippen LogP contribution < -0.4 is 5.32 Å². The van der Waals surface area contributed by atoms with Gasteiger partial charge in [-0.1, -0.05) is 32.9 Å². The molecule has 1 amide bonds. The molecule has 2 aromatic rings. The smallest absolute Gasteiger partial charge is 0.410 e. The van der Waals surface area contributed by atoms with Gasteiger partial charge in [0.05, 0.1) is 11.4 Å². The fraction of sp³-hybridized carbons (Fsp3) is 0.333. The zero-order chi connectivity index (χ0) is 14.9. The van der Waals surface area contributed by atoms with Gasteiger partial charge in [-0.15, -0.1) is 0 Å². The molecule has 2 rings (SSSR count). The first kappa shape index (κ1) is 14.1. The van der Waals surface area contributed by atoms with Crippen LogP contribution in [0.1, 0.15) is 32.0 Å². The first-order valence-corrected chi connectivity index (χ1v) is 6.45. The summed E-state index contributed by atoms with van der Waals surface area (Å²) in [7, 11) is 0. The largest absolute Gasteiger partial charge is 0.465 e. The van der Waals surface area contributed by atoms with Crippen LogP contribution in [0, 0.1) is 6.92 Å². The van der Waals surface area contributed by atoms with Crippen molar-refractivity contribution in [3.63, 3.8) is 0 Å². The third-order valence-electron chi connectivity index (χ3n) is 2.96. The molecule has 0 fully saturated rings. The highest BCUT2D eigenvalue weighted by atomic mass is 16.4. The Labute approximate surface area is 118 Å². The van der Waals surface area contributed by atoms with Crippen molar-refractivity contribution in [2.45, 2.75) is 33.1 Å². The van der Waals surface area contributed by atoms with E-state index in [1.54, 1.807) is 10.7 Å². The Balaban J connectivity index is 2.55. The second kappa shape index (κ2) is 5.00. The molecule has 0 spiro atoms. The lowest BCUT2D eigenvalue weighted by molar-refractivity contribution is 0.209. The number of amides is 1.